The highest BCUT2D eigenvalue weighted by Gasteiger charge is 2.21. The van der Waals surface area contributed by atoms with Gasteiger partial charge in [0, 0.05) is 0 Å². The SMILES string of the molecule is CC1NNC(C)N1C. The van der Waals surface area contributed by atoms with Crippen molar-refractivity contribution in [3.8, 4) is 0 Å². The minimum Gasteiger partial charge on any atom is -0.274 e. The van der Waals surface area contributed by atoms with Crippen LogP contribution in [0.4, 0.5) is 0 Å². The van der Waals surface area contributed by atoms with Gasteiger partial charge in [-0.2, -0.15) is 0 Å². The van der Waals surface area contributed by atoms with Gasteiger partial charge in [0.1, 0.15) is 0 Å². The average Bonchev–Trinajstić information content (AvgIpc) is 1.98. The minimum atomic E-state index is 0.463. The molecule has 1 fully saturated rings. The van der Waals surface area contributed by atoms with Crippen molar-refractivity contribution in [3.05, 3.63) is 0 Å². The normalized spacial score (nSPS) is 40.9. The fourth-order valence-corrected chi connectivity index (χ4v) is 0.780. The lowest BCUT2D eigenvalue weighted by molar-refractivity contribution is 0.256. The van der Waals surface area contributed by atoms with Gasteiger partial charge in [-0.05, 0) is 20.9 Å². The molecule has 0 aromatic carbocycles. The molecule has 0 bridgehead atoms. The predicted octanol–water partition coefficient (Wildman–Crippen LogP) is -0.282. The van der Waals surface area contributed by atoms with Crippen LogP contribution in [0, 0.1) is 0 Å². The van der Waals surface area contributed by atoms with Crippen molar-refractivity contribution < 1.29 is 0 Å². The molecule has 0 aliphatic carbocycles. The Balaban J connectivity index is 2.44. The molecule has 0 amide bonds. The maximum Gasteiger partial charge on any atom is 0.0711 e. The first-order valence-corrected chi connectivity index (χ1v) is 2.95. The van der Waals surface area contributed by atoms with Gasteiger partial charge < -0.3 is 0 Å². The molecule has 1 aliphatic heterocycles. The van der Waals surface area contributed by atoms with Crippen LogP contribution in [0.2, 0.25) is 0 Å². The van der Waals surface area contributed by atoms with Crippen LogP contribution in [-0.4, -0.2) is 24.3 Å². The molecule has 1 aliphatic rings. The summed E-state index contributed by atoms with van der Waals surface area (Å²) >= 11 is 0. The van der Waals surface area contributed by atoms with Crippen molar-refractivity contribution in [2.45, 2.75) is 26.2 Å². The lowest BCUT2D eigenvalue weighted by atomic mass is 10.5. The molecule has 1 saturated heterocycles. The van der Waals surface area contributed by atoms with E-state index in [9.17, 15) is 0 Å². The summed E-state index contributed by atoms with van der Waals surface area (Å²) in [5.41, 5.74) is 6.19. The molecule has 8 heavy (non-hydrogen) atoms. The van der Waals surface area contributed by atoms with Crippen molar-refractivity contribution in [2.24, 2.45) is 0 Å². The predicted molar refractivity (Wildman–Crippen MR) is 33.0 cm³/mol. The van der Waals surface area contributed by atoms with Crippen molar-refractivity contribution in [2.75, 3.05) is 7.05 Å². The van der Waals surface area contributed by atoms with Crippen LogP contribution in [-0.2, 0) is 0 Å². The zero-order chi connectivity index (χ0) is 6.15. The maximum absolute atomic E-state index is 3.09. The van der Waals surface area contributed by atoms with Crippen LogP contribution in [0.3, 0.4) is 0 Å². The summed E-state index contributed by atoms with van der Waals surface area (Å²) in [6.45, 7) is 4.24. The van der Waals surface area contributed by atoms with Crippen molar-refractivity contribution in [3.63, 3.8) is 0 Å². The number of nitrogens with one attached hydrogen (secondary N) is 2. The second-order valence-corrected chi connectivity index (χ2v) is 2.31. The monoisotopic (exact) mass is 115 g/mol. The first-order valence-electron chi connectivity index (χ1n) is 2.95. The highest BCUT2D eigenvalue weighted by atomic mass is 15.6. The topological polar surface area (TPSA) is 27.3 Å². The van der Waals surface area contributed by atoms with E-state index in [1.807, 2.05) is 0 Å². The van der Waals surface area contributed by atoms with Gasteiger partial charge in [0.05, 0.1) is 12.3 Å². The summed E-state index contributed by atoms with van der Waals surface area (Å²) in [5.74, 6) is 0. The standard InChI is InChI=1S/C5H13N3/c1-4-6-7-5(2)8(4)3/h4-7H,1-3H3. The second kappa shape index (κ2) is 2.01. The van der Waals surface area contributed by atoms with Gasteiger partial charge in [0.2, 0.25) is 0 Å². The van der Waals surface area contributed by atoms with Gasteiger partial charge in [-0.15, -0.1) is 0 Å². The minimum absolute atomic E-state index is 0.463. The fourth-order valence-electron chi connectivity index (χ4n) is 0.780. The van der Waals surface area contributed by atoms with Crippen LogP contribution in [0.1, 0.15) is 13.8 Å². The molecule has 1 heterocycles. The zero-order valence-electron chi connectivity index (χ0n) is 5.60. The Hall–Kier alpha value is -0.120. The van der Waals surface area contributed by atoms with Gasteiger partial charge in [0.25, 0.3) is 0 Å². The lowest BCUT2D eigenvalue weighted by Gasteiger charge is -2.15. The van der Waals surface area contributed by atoms with Crippen LogP contribution < -0.4 is 10.9 Å². The highest BCUT2D eigenvalue weighted by Crippen LogP contribution is 2.00. The Morgan fingerprint density at radius 2 is 1.50 bits per heavy atom. The molecular weight excluding hydrogens is 102 g/mol. The molecule has 0 radical (unpaired) electrons. The third-order valence-corrected chi connectivity index (χ3v) is 1.72. The second-order valence-electron chi connectivity index (χ2n) is 2.31. The van der Waals surface area contributed by atoms with E-state index >= 15 is 0 Å². The van der Waals surface area contributed by atoms with Crippen molar-refractivity contribution in [1.82, 2.24) is 15.8 Å². The molecule has 2 N–H and O–H groups in total. The maximum atomic E-state index is 3.09. The molecule has 0 aromatic heterocycles. The third kappa shape index (κ3) is 0.844. The number of nitrogens with zero attached hydrogens (tertiary/aromatic N) is 1. The Morgan fingerprint density at radius 1 is 1.12 bits per heavy atom. The van der Waals surface area contributed by atoms with E-state index in [4.69, 9.17) is 0 Å². The molecular formula is C5H13N3. The van der Waals surface area contributed by atoms with E-state index in [-0.39, 0.29) is 0 Å². The largest absolute Gasteiger partial charge is 0.274 e. The summed E-state index contributed by atoms with van der Waals surface area (Å²) in [6, 6.07) is 0. The molecule has 3 heteroatoms. The molecule has 48 valence electrons. The Bertz CT molecular complexity index is 73.7. The fraction of sp³-hybridized carbons (Fsp3) is 1.00. The molecule has 0 saturated carbocycles. The van der Waals surface area contributed by atoms with Crippen LogP contribution in [0.25, 0.3) is 0 Å². The molecule has 2 atom stereocenters. The van der Waals surface area contributed by atoms with E-state index in [0.29, 0.717) is 12.3 Å². The zero-order valence-corrected chi connectivity index (χ0v) is 5.60. The van der Waals surface area contributed by atoms with Gasteiger partial charge in [0.15, 0.2) is 0 Å². The third-order valence-electron chi connectivity index (χ3n) is 1.72. The van der Waals surface area contributed by atoms with E-state index in [1.165, 1.54) is 0 Å². The number of hydrogen-bond acceptors (Lipinski definition) is 3. The molecule has 0 aromatic rings. The van der Waals surface area contributed by atoms with Crippen LogP contribution in [0.5, 0.6) is 0 Å². The van der Waals surface area contributed by atoms with E-state index < -0.39 is 0 Å². The molecule has 2 unspecified atom stereocenters. The van der Waals surface area contributed by atoms with Gasteiger partial charge in [-0.3, -0.25) is 4.90 Å². The van der Waals surface area contributed by atoms with E-state index in [2.05, 4.69) is 36.6 Å². The quantitative estimate of drug-likeness (QED) is 0.454. The Labute approximate surface area is 50.0 Å². The van der Waals surface area contributed by atoms with E-state index in [0.717, 1.165) is 0 Å². The number of hydrazine groups is 1. The van der Waals surface area contributed by atoms with Gasteiger partial charge in [-0.25, -0.2) is 10.9 Å². The summed E-state index contributed by atoms with van der Waals surface area (Å²) in [5, 5.41) is 0. The number of rotatable bonds is 0. The molecule has 1 rings (SSSR count). The summed E-state index contributed by atoms with van der Waals surface area (Å²) in [6.07, 6.45) is 0.926. The summed E-state index contributed by atoms with van der Waals surface area (Å²) in [4.78, 5) is 2.22. The Kier molecular flexibility index (Phi) is 1.51. The summed E-state index contributed by atoms with van der Waals surface area (Å²) < 4.78 is 0. The van der Waals surface area contributed by atoms with Gasteiger partial charge >= 0.3 is 0 Å². The van der Waals surface area contributed by atoms with Crippen molar-refractivity contribution >= 4 is 0 Å². The van der Waals surface area contributed by atoms with E-state index in [1.54, 1.807) is 0 Å². The average molecular weight is 115 g/mol. The van der Waals surface area contributed by atoms with Gasteiger partial charge in [-0.1, -0.05) is 0 Å². The first kappa shape index (κ1) is 6.01. The summed E-state index contributed by atoms with van der Waals surface area (Å²) in [7, 11) is 2.09. The smallest absolute Gasteiger partial charge is 0.0711 e. The highest BCUT2D eigenvalue weighted by molar-refractivity contribution is 4.70. The van der Waals surface area contributed by atoms with Crippen molar-refractivity contribution in [1.29, 1.82) is 0 Å². The molecule has 3 nitrogen and oxygen atoms in total. The van der Waals surface area contributed by atoms with Crippen LogP contribution in [0.15, 0.2) is 0 Å². The first-order chi connectivity index (χ1) is 3.72. The number of hydrogen-bond donors (Lipinski definition) is 2. The Morgan fingerprint density at radius 3 is 1.62 bits per heavy atom. The lowest BCUT2D eigenvalue weighted by Crippen LogP contribution is -2.31. The van der Waals surface area contributed by atoms with Crippen LogP contribution >= 0.6 is 0 Å². The molecule has 0 spiro atoms.